The standard InChI is InChI=1S/C27H24FN3O2/c28-22-8-5-18-11-17(12-21(18)13-22)14-30-15-19-6-9-25(24-4-2-1-3-23(19)24)33-26-10-7-20(16-31-26)27(29)32/h1-10,13,16-17,30H,11-12,14-15H2,(H2,29,32). The number of carbonyl (C=O) groups excluding carboxylic acids is 1. The van der Waals surface area contributed by atoms with Crippen molar-refractivity contribution < 1.29 is 13.9 Å². The number of ether oxygens (including phenoxy) is 1. The van der Waals surface area contributed by atoms with E-state index in [1.807, 2.05) is 30.3 Å². The summed E-state index contributed by atoms with van der Waals surface area (Å²) >= 11 is 0. The second-order valence-electron chi connectivity index (χ2n) is 8.44. The van der Waals surface area contributed by atoms with Gasteiger partial charge in [-0.2, -0.15) is 0 Å². The maximum Gasteiger partial charge on any atom is 0.250 e. The molecule has 0 saturated carbocycles. The van der Waals surface area contributed by atoms with Gasteiger partial charge in [0, 0.05) is 24.2 Å². The number of nitrogens with two attached hydrogens (primary N) is 1. The third-order valence-electron chi connectivity index (χ3n) is 6.14. The molecular weight excluding hydrogens is 417 g/mol. The Balaban J connectivity index is 1.27. The smallest absolute Gasteiger partial charge is 0.250 e. The number of primary amides is 1. The predicted molar refractivity (Wildman–Crippen MR) is 126 cm³/mol. The third kappa shape index (κ3) is 4.56. The van der Waals surface area contributed by atoms with E-state index in [0.717, 1.165) is 42.3 Å². The van der Waals surface area contributed by atoms with Gasteiger partial charge in [-0.05, 0) is 71.6 Å². The number of hydrogen-bond acceptors (Lipinski definition) is 4. The topological polar surface area (TPSA) is 77.2 Å². The van der Waals surface area contributed by atoms with Crippen LogP contribution in [0.15, 0.2) is 72.9 Å². The van der Waals surface area contributed by atoms with Crippen molar-refractivity contribution in [3.63, 3.8) is 0 Å². The van der Waals surface area contributed by atoms with Gasteiger partial charge in [0.15, 0.2) is 0 Å². The van der Waals surface area contributed by atoms with E-state index in [1.165, 1.54) is 17.3 Å². The van der Waals surface area contributed by atoms with Gasteiger partial charge >= 0.3 is 0 Å². The number of hydrogen-bond donors (Lipinski definition) is 2. The minimum absolute atomic E-state index is 0.157. The van der Waals surface area contributed by atoms with Crippen molar-refractivity contribution in [3.8, 4) is 11.6 Å². The Morgan fingerprint density at radius 1 is 1.03 bits per heavy atom. The van der Waals surface area contributed by atoms with Gasteiger partial charge in [-0.15, -0.1) is 0 Å². The van der Waals surface area contributed by atoms with Crippen LogP contribution in [0.1, 0.15) is 27.0 Å². The SMILES string of the molecule is NC(=O)c1ccc(Oc2ccc(CNCC3Cc4ccc(F)cc4C3)c3ccccc23)nc1. The van der Waals surface area contributed by atoms with Crippen LogP contribution in [0.5, 0.6) is 11.6 Å². The van der Waals surface area contributed by atoms with E-state index in [-0.39, 0.29) is 5.82 Å². The number of pyridine rings is 1. The molecule has 1 amide bonds. The number of fused-ring (bicyclic) bond motifs is 2. The molecule has 5 nitrogen and oxygen atoms in total. The van der Waals surface area contributed by atoms with E-state index in [9.17, 15) is 9.18 Å². The first-order chi connectivity index (χ1) is 16.1. The number of aromatic nitrogens is 1. The molecule has 166 valence electrons. The number of nitrogens with zero attached hydrogens (tertiary/aromatic N) is 1. The average molecular weight is 442 g/mol. The van der Waals surface area contributed by atoms with Gasteiger partial charge in [-0.1, -0.05) is 36.4 Å². The summed E-state index contributed by atoms with van der Waals surface area (Å²) in [6.07, 6.45) is 3.31. The van der Waals surface area contributed by atoms with E-state index in [2.05, 4.69) is 22.4 Å². The van der Waals surface area contributed by atoms with Gasteiger partial charge in [0.05, 0.1) is 5.56 Å². The van der Waals surface area contributed by atoms with E-state index in [4.69, 9.17) is 10.5 Å². The molecule has 0 fully saturated rings. The summed E-state index contributed by atoms with van der Waals surface area (Å²) in [5.74, 6) is 0.889. The lowest BCUT2D eigenvalue weighted by atomic mass is 10.0. The first-order valence-corrected chi connectivity index (χ1v) is 11.0. The lowest BCUT2D eigenvalue weighted by molar-refractivity contribution is 0.1000. The van der Waals surface area contributed by atoms with Gasteiger partial charge < -0.3 is 15.8 Å². The Morgan fingerprint density at radius 2 is 1.85 bits per heavy atom. The maximum absolute atomic E-state index is 13.5. The monoisotopic (exact) mass is 441 g/mol. The van der Waals surface area contributed by atoms with Crippen LogP contribution < -0.4 is 15.8 Å². The molecular formula is C27H24FN3O2. The molecule has 5 rings (SSSR count). The molecule has 6 heteroatoms. The van der Waals surface area contributed by atoms with Crippen LogP contribution >= 0.6 is 0 Å². The minimum Gasteiger partial charge on any atom is -0.438 e. The second kappa shape index (κ2) is 9.00. The molecule has 3 N–H and O–H groups in total. The van der Waals surface area contributed by atoms with Crippen LogP contribution in [0.25, 0.3) is 10.8 Å². The summed E-state index contributed by atoms with van der Waals surface area (Å²) in [5.41, 5.74) is 9.18. The molecule has 33 heavy (non-hydrogen) atoms. The van der Waals surface area contributed by atoms with E-state index >= 15 is 0 Å². The van der Waals surface area contributed by atoms with Crippen molar-refractivity contribution >= 4 is 16.7 Å². The summed E-state index contributed by atoms with van der Waals surface area (Å²) < 4.78 is 19.5. The average Bonchev–Trinajstić information content (AvgIpc) is 3.22. The lowest BCUT2D eigenvalue weighted by Gasteiger charge is -2.14. The largest absolute Gasteiger partial charge is 0.438 e. The molecule has 1 aromatic heterocycles. The molecule has 0 aliphatic heterocycles. The van der Waals surface area contributed by atoms with Crippen molar-refractivity contribution in [2.24, 2.45) is 11.7 Å². The molecule has 3 aromatic carbocycles. The molecule has 1 heterocycles. The zero-order valence-electron chi connectivity index (χ0n) is 18.1. The summed E-state index contributed by atoms with van der Waals surface area (Å²) in [5, 5.41) is 5.67. The van der Waals surface area contributed by atoms with Crippen molar-refractivity contribution in [2.75, 3.05) is 6.54 Å². The maximum atomic E-state index is 13.5. The van der Waals surface area contributed by atoms with Crippen molar-refractivity contribution in [1.29, 1.82) is 0 Å². The number of rotatable bonds is 7. The van der Waals surface area contributed by atoms with Crippen molar-refractivity contribution in [2.45, 2.75) is 19.4 Å². The third-order valence-corrected chi connectivity index (χ3v) is 6.14. The summed E-state index contributed by atoms with van der Waals surface area (Å²) in [6.45, 7) is 1.60. The summed E-state index contributed by atoms with van der Waals surface area (Å²) in [4.78, 5) is 15.4. The van der Waals surface area contributed by atoms with Crippen molar-refractivity contribution in [1.82, 2.24) is 10.3 Å². The quantitative estimate of drug-likeness (QED) is 0.433. The zero-order valence-corrected chi connectivity index (χ0v) is 18.1. The number of nitrogens with one attached hydrogen (secondary N) is 1. The van der Waals surface area contributed by atoms with Crippen LogP contribution in [0.3, 0.4) is 0 Å². The van der Waals surface area contributed by atoms with E-state index in [1.54, 1.807) is 24.3 Å². The fourth-order valence-corrected chi connectivity index (χ4v) is 4.51. The molecule has 1 atom stereocenters. The Bertz CT molecular complexity index is 1320. The summed E-state index contributed by atoms with van der Waals surface area (Å²) in [7, 11) is 0. The van der Waals surface area contributed by atoms with Crippen LogP contribution in [0.2, 0.25) is 0 Å². The van der Waals surface area contributed by atoms with Gasteiger partial charge in [-0.3, -0.25) is 4.79 Å². The predicted octanol–water partition coefficient (Wildman–Crippen LogP) is 4.77. The minimum atomic E-state index is -0.523. The van der Waals surface area contributed by atoms with Gasteiger partial charge in [0.1, 0.15) is 11.6 Å². The van der Waals surface area contributed by atoms with Crippen LogP contribution in [-0.2, 0) is 19.4 Å². The van der Waals surface area contributed by atoms with Gasteiger partial charge in [0.25, 0.3) is 0 Å². The van der Waals surface area contributed by atoms with Crippen LogP contribution in [0.4, 0.5) is 4.39 Å². The summed E-state index contributed by atoms with van der Waals surface area (Å²) in [6, 6.07) is 20.4. The van der Waals surface area contributed by atoms with E-state index < -0.39 is 5.91 Å². The fraction of sp³-hybridized carbons (Fsp3) is 0.185. The van der Waals surface area contributed by atoms with Gasteiger partial charge in [0.2, 0.25) is 11.8 Å². The highest BCUT2D eigenvalue weighted by Gasteiger charge is 2.21. The number of amides is 1. The Labute approximate surface area is 191 Å². The molecule has 1 unspecified atom stereocenters. The lowest BCUT2D eigenvalue weighted by Crippen LogP contribution is -2.23. The number of benzene rings is 3. The second-order valence-corrected chi connectivity index (χ2v) is 8.44. The number of carbonyl (C=O) groups is 1. The Hall–Kier alpha value is -3.77. The highest BCUT2D eigenvalue weighted by atomic mass is 19.1. The molecule has 1 aliphatic rings. The first-order valence-electron chi connectivity index (χ1n) is 11.0. The Kier molecular flexibility index (Phi) is 5.75. The molecule has 0 spiro atoms. The molecule has 0 bridgehead atoms. The first kappa shape index (κ1) is 21.1. The highest BCUT2D eigenvalue weighted by Crippen LogP contribution is 2.32. The van der Waals surface area contributed by atoms with Crippen molar-refractivity contribution in [3.05, 3.63) is 101 Å². The molecule has 1 aliphatic carbocycles. The Morgan fingerprint density at radius 3 is 2.64 bits per heavy atom. The fourth-order valence-electron chi connectivity index (χ4n) is 4.51. The van der Waals surface area contributed by atoms with Gasteiger partial charge in [-0.25, -0.2) is 9.37 Å². The van der Waals surface area contributed by atoms with E-state index in [0.29, 0.717) is 23.1 Å². The molecule has 0 radical (unpaired) electrons. The highest BCUT2D eigenvalue weighted by molar-refractivity contribution is 5.92. The van der Waals surface area contributed by atoms with Crippen LogP contribution in [0, 0.1) is 11.7 Å². The zero-order chi connectivity index (χ0) is 22.8. The normalized spacial score (nSPS) is 14.9. The molecule has 4 aromatic rings. The van der Waals surface area contributed by atoms with Crippen LogP contribution in [-0.4, -0.2) is 17.4 Å². The molecule has 0 saturated heterocycles. The number of halogens is 1.